The molecule has 144 valence electrons. The molecule has 1 aliphatic rings. The number of imidazole rings is 1. The summed E-state index contributed by atoms with van der Waals surface area (Å²) in [7, 11) is 1.80. The van der Waals surface area contributed by atoms with Gasteiger partial charge in [0, 0.05) is 51.2 Å². The lowest BCUT2D eigenvalue weighted by Gasteiger charge is -2.39. The van der Waals surface area contributed by atoms with E-state index < -0.39 is 0 Å². The molecular formula is C20H28N6O. The second-order valence-corrected chi connectivity index (χ2v) is 6.89. The van der Waals surface area contributed by atoms with Gasteiger partial charge in [0.05, 0.1) is 12.4 Å². The second-order valence-electron chi connectivity index (χ2n) is 6.89. The summed E-state index contributed by atoms with van der Waals surface area (Å²) in [6.07, 6.45) is 6.85. The zero-order valence-corrected chi connectivity index (χ0v) is 16.0. The third-order valence-electron chi connectivity index (χ3n) is 5.07. The molecule has 27 heavy (non-hydrogen) atoms. The number of nitrogens with one attached hydrogen (secondary N) is 2. The first-order chi connectivity index (χ1) is 13.2. The average molecular weight is 368 g/mol. The first kappa shape index (κ1) is 18.9. The van der Waals surface area contributed by atoms with Gasteiger partial charge in [-0.05, 0) is 24.5 Å². The van der Waals surface area contributed by atoms with E-state index in [9.17, 15) is 4.79 Å². The highest BCUT2D eigenvalue weighted by Gasteiger charge is 2.28. The van der Waals surface area contributed by atoms with Gasteiger partial charge in [0.1, 0.15) is 0 Å². The highest BCUT2D eigenvalue weighted by Crippen LogP contribution is 2.27. The Bertz CT molecular complexity index is 743. The van der Waals surface area contributed by atoms with Gasteiger partial charge in [0.15, 0.2) is 5.96 Å². The van der Waals surface area contributed by atoms with Crippen LogP contribution in [0.5, 0.6) is 0 Å². The molecule has 3 rings (SSSR count). The summed E-state index contributed by atoms with van der Waals surface area (Å²) in [5, 5.41) is 6.30. The van der Waals surface area contributed by atoms with E-state index in [-0.39, 0.29) is 5.91 Å². The van der Waals surface area contributed by atoms with Crippen molar-refractivity contribution in [2.75, 3.05) is 33.2 Å². The van der Waals surface area contributed by atoms with E-state index >= 15 is 0 Å². The molecule has 1 fully saturated rings. The Morgan fingerprint density at radius 1 is 1.26 bits per heavy atom. The number of hydrogen-bond acceptors (Lipinski definition) is 3. The van der Waals surface area contributed by atoms with Crippen LogP contribution in [0.2, 0.25) is 0 Å². The highest BCUT2D eigenvalue weighted by molar-refractivity contribution is 5.94. The second kappa shape index (κ2) is 9.21. The smallest absolute Gasteiger partial charge is 0.251 e. The van der Waals surface area contributed by atoms with Gasteiger partial charge in [-0.15, -0.1) is 0 Å². The van der Waals surface area contributed by atoms with Crippen LogP contribution in [-0.4, -0.2) is 59.5 Å². The number of amides is 1. The molecule has 2 N–H and O–H groups in total. The van der Waals surface area contributed by atoms with Crippen LogP contribution in [0.4, 0.5) is 0 Å². The zero-order valence-electron chi connectivity index (χ0n) is 16.0. The number of guanidine groups is 1. The summed E-state index contributed by atoms with van der Waals surface area (Å²) >= 11 is 0. The van der Waals surface area contributed by atoms with Gasteiger partial charge in [0.25, 0.3) is 5.91 Å². The van der Waals surface area contributed by atoms with Crippen LogP contribution in [0.3, 0.4) is 0 Å². The van der Waals surface area contributed by atoms with Gasteiger partial charge < -0.3 is 20.1 Å². The molecule has 0 aliphatic carbocycles. The molecule has 7 heteroatoms. The van der Waals surface area contributed by atoms with Crippen molar-refractivity contribution in [3.63, 3.8) is 0 Å². The van der Waals surface area contributed by atoms with Crippen LogP contribution in [0, 0.1) is 5.92 Å². The summed E-state index contributed by atoms with van der Waals surface area (Å²) in [5.41, 5.74) is 0.676. The number of hydrogen-bond donors (Lipinski definition) is 2. The molecule has 7 nitrogen and oxygen atoms in total. The summed E-state index contributed by atoms with van der Waals surface area (Å²) in [4.78, 5) is 23.0. The lowest BCUT2D eigenvalue weighted by molar-refractivity contribution is 0.0954. The number of nitrogens with zero attached hydrogens (tertiary/aromatic N) is 4. The minimum Gasteiger partial charge on any atom is -0.354 e. The zero-order chi connectivity index (χ0) is 19.1. The third kappa shape index (κ3) is 4.87. The first-order valence-electron chi connectivity index (χ1n) is 9.45. The van der Waals surface area contributed by atoms with Crippen molar-refractivity contribution >= 4 is 11.9 Å². The van der Waals surface area contributed by atoms with Crippen LogP contribution < -0.4 is 10.6 Å². The normalized spacial score (nSPS) is 20.4. The highest BCUT2D eigenvalue weighted by atomic mass is 16.1. The monoisotopic (exact) mass is 368 g/mol. The van der Waals surface area contributed by atoms with E-state index in [1.807, 2.05) is 49.1 Å². The van der Waals surface area contributed by atoms with E-state index in [0.717, 1.165) is 25.5 Å². The molecule has 2 heterocycles. The molecule has 2 unspecified atom stereocenters. The Labute approximate surface area is 160 Å². The molecule has 1 saturated heterocycles. The molecule has 0 saturated carbocycles. The third-order valence-corrected chi connectivity index (χ3v) is 5.07. The number of benzene rings is 1. The van der Waals surface area contributed by atoms with Crippen molar-refractivity contribution in [3.8, 4) is 0 Å². The summed E-state index contributed by atoms with van der Waals surface area (Å²) < 4.78 is 2.18. The van der Waals surface area contributed by atoms with E-state index in [0.29, 0.717) is 30.6 Å². The molecule has 2 aromatic rings. The largest absolute Gasteiger partial charge is 0.354 e. The number of aliphatic imine (C=N–C) groups is 1. The van der Waals surface area contributed by atoms with Crippen LogP contribution >= 0.6 is 0 Å². The molecule has 0 bridgehead atoms. The quantitative estimate of drug-likeness (QED) is 0.479. The predicted octanol–water partition coefficient (Wildman–Crippen LogP) is 1.77. The fourth-order valence-electron chi connectivity index (χ4n) is 3.47. The maximum absolute atomic E-state index is 12.1. The maximum Gasteiger partial charge on any atom is 0.251 e. The molecule has 1 aliphatic heterocycles. The Morgan fingerprint density at radius 3 is 2.74 bits per heavy atom. The van der Waals surface area contributed by atoms with Gasteiger partial charge in [-0.2, -0.15) is 0 Å². The minimum atomic E-state index is -0.0562. The predicted molar refractivity (Wildman–Crippen MR) is 107 cm³/mol. The summed E-state index contributed by atoms with van der Waals surface area (Å²) in [6, 6.07) is 9.64. The van der Waals surface area contributed by atoms with Gasteiger partial charge in [-0.25, -0.2) is 4.98 Å². The van der Waals surface area contributed by atoms with Crippen molar-refractivity contribution in [1.82, 2.24) is 25.1 Å². The molecule has 0 radical (unpaired) electrons. The van der Waals surface area contributed by atoms with Crippen molar-refractivity contribution < 1.29 is 4.79 Å². The van der Waals surface area contributed by atoms with E-state index in [1.165, 1.54) is 0 Å². The van der Waals surface area contributed by atoms with Crippen LogP contribution in [-0.2, 0) is 0 Å². The lowest BCUT2D eigenvalue weighted by Crippen LogP contribution is -2.50. The van der Waals surface area contributed by atoms with Crippen molar-refractivity contribution in [1.29, 1.82) is 0 Å². The SMILES string of the molecule is CN=C(NCCNC(=O)c1ccccc1)N1CCC(C)C(n2ccnc2)C1. The molecule has 1 amide bonds. The first-order valence-corrected chi connectivity index (χ1v) is 9.45. The Balaban J connectivity index is 1.48. The topological polar surface area (TPSA) is 74.6 Å². The molecular weight excluding hydrogens is 340 g/mol. The Hall–Kier alpha value is -2.83. The van der Waals surface area contributed by atoms with Gasteiger partial charge in [-0.1, -0.05) is 25.1 Å². The number of carbonyl (C=O) groups excluding carboxylic acids is 1. The summed E-state index contributed by atoms with van der Waals surface area (Å²) in [6.45, 7) is 5.34. The fourth-order valence-corrected chi connectivity index (χ4v) is 3.47. The number of piperidine rings is 1. The number of rotatable bonds is 5. The molecule has 2 atom stereocenters. The lowest BCUT2D eigenvalue weighted by atomic mass is 9.93. The Morgan fingerprint density at radius 2 is 2.04 bits per heavy atom. The van der Waals surface area contributed by atoms with Gasteiger partial charge in [0.2, 0.25) is 0 Å². The van der Waals surface area contributed by atoms with Crippen LogP contribution in [0.15, 0.2) is 54.0 Å². The van der Waals surface area contributed by atoms with Crippen molar-refractivity contribution in [2.24, 2.45) is 10.9 Å². The number of likely N-dealkylation sites (tertiary alicyclic amines) is 1. The van der Waals surface area contributed by atoms with E-state index in [1.54, 1.807) is 7.05 Å². The maximum atomic E-state index is 12.1. The van der Waals surface area contributed by atoms with E-state index in [2.05, 4.69) is 37.0 Å². The van der Waals surface area contributed by atoms with Crippen LogP contribution in [0.25, 0.3) is 0 Å². The number of aromatic nitrogens is 2. The summed E-state index contributed by atoms with van der Waals surface area (Å²) in [5.74, 6) is 1.42. The van der Waals surface area contributed by atoms with E-state index in [4.69, 9.17) is 0 Å². The van der Waals surface area contributed by atoms with Crippen molar-refractivity contribution in [3.05, 3.63) is 54.6 Å². The molecule has 1 aromatic carbocycles. The average Bonchev–Trinajstić information content (AvgIpc) is 3.24. The fraction of sp³-hybridized carbons (Fsp3) is 0.450. The Kier molecular flexibility index (Phi) is 6.46. The molecule has 0 spiro atoms. The molecule has 1 aromatic heterocycles. The minimum absolute atomic E-state index is 0.0562. The standard InChI is InChI=1S/C20H28N6O/c1-16-8-12-25(14-18(16)26-13-11-22-15-26)20(21-2)24-10-9-23-19(27)17-6-4-3-5-7-17/h3-7,11,13,15-16,18H,8-10,12,14H2,1-2H3,(H,21,24)(H,23,27). The van der Waals surface area contributed by atoms with Crippen LogP contribution in [0.1, 0.15) is 29.7 Å². The van der Waals surface area contributed by atoms with Gasteiger partial charge in [-0.3, -0.25) is 9.79 Å². The van der Waals surface area contributed by atoms with Crippen molar-refractivity contribution in [2.45, 2.75) is 19.4 Å². The van der Waals surface area contributed by atoms with Gasteiger partial charge >= 0.3 is 0 Å². The number of carbonyl (C=O) groups is 1.